The van der Waals surface area contributed by atoms with E-state index >= 15 is 0 Å². The van der Waals surface area contributed by atoms with Gasteiger partial charge < -0.3 is 33.7 Å². The molecule has 2 aromatic carbocycles. The summed E-state index contributed by atoms with van der Waals surface area (Å²) in [4.78, 5) is 19.3. The number of anilines is 1. The van der Waals surface area contributed by atoms with Crippen molar-refractivity contribution in [3.05, 3.63) is 106 Å². The summed E-state index contributed by atoms with van der Waals surface area (Å²) in [6.45, 7) is 15.5. The molecule has 1 unspecified atom stereocenters. The van der Waals surface area contributed by atoms with Crippen LogP contribution in [0.3, 0.4) is 0 Å². The Morgan fingerprint density at radius 1 is 0.817 bits per heavy atom. The number of amides is 1. The average Bonchev–Trinajstić information content (AvgIpc) is 3.78. The second kappa shape index (κ2) is 28.4. The van der Waals surface area contributed by atoms with Gasteiger partial charge in [0.1, 0.15) is 16.7 Å². The van der Waals surface area contributed by atoms with Gasteiger partial charge in [0.05, 0.1) is 64.0 Å². The summed E-state index contributed by atoms with van der Waals surface area (Å²) in [6.07, 6.45) is 8.16. The fourth-order valence-electron chi connectivity index (χ4n) is 8.60. The molecule has 0 fully saturated rings. The average molecular weight is 1120 g/mol. The Hall–Kier alpha value is -0.300. The molecule has 0 spiro atoms. The van der Waals surface area contributed by atoms with Crippen molar-refractivity contribution in [3.63, 3.8) is 0 Å². The molecule has 20 nitrogen and oxygen atoms in total. The number of benzene rings is 2. The van der Waals surface area contributed by atoms with Gasteiger partial charge in [-0.2, -0.15) is 8.91 Å². The minimum Gasteiger partial charge on any atom is -0.748 e. The minimum atomic E-state index is -4.87. The number of fused-ring (bicyclic) bond motifs is 2. The first-order chi connectivity index (χ1) is 31.1. The zero-order valence-electron chi connectivity index (χ0n) is 40.8. The number of allylic oxidation sites excluding steroid dienone is 6. The normalized spacial score (nSPS) is 17.8. The minimum absolute atomic E-state index is 0. The number of nitrogens with one attached hydrogen (secondary N) is 1. The van der Waals surface area contributed by atoms with E-state index in [1.807, 2.05) is 23.3 Å². The van der Waals surface area contributed by atoms with Crippen molar-refractivity contribution in [2.75, 3.05) is 41.8 Å². The van der Waals surface area contributed by atoms with Crippen LogP contribution >= 0.6 is 12.0 Å². The van der Waals surface area contributed by atoms with Crippen LogP contribution in [0.4, 0.5) is 11.4 Å². The third-order valence-electron chi connectivity index (χ3n) is 11.8. The number of rotatable bonds is 22. The van der Waals surface area contributed by atoms with Crippen LogP contribution in [-0.4, -0.2) is 111 Å². The molecule has 2 heterocycles. The van der Waals surface area contributed by atoms with Crippen molar-refractivity contribution in [1.82, 2.24) is 5.32 Å². The van der Waals surface area contributed by atoms with Crippen LogP contribution in [0.5, 0.6) is 0 Å². The molecule has 2 aliphatic heterocycles. The first-order valence-corrected chi connectivity index (χ1v) is 27.6. The molecular weight excluding hydrogens is 1070 g/mol. The number of carbonyl (C=O) groups excluding carboxylic acids is 1. The second-order valence-electron chi connectivity index (χ2n) is 17.0. The van der Waals surface area contributed by atoms with Crippen LogP contribution in [0, 0.1) is 6.57 Å². The monoisotopic (exact) mass is 1120 g/mol. The van der Waals surface area contributed by atoms with Crippen LogP contribution in [-0.2, 0) is 65.5 Å². The molecule has 1 atom stereocenters. The molecule has 2 aromatic rings. The predicted molar refractivity (Wildman–Crippen MR) is 239 cm³/mol. The van der Waals surface area contributed by atoms with Gasteiger partial charge in [0.15, 0.2) is 5.71 Å². The van der Waals surface area contributed by atoms with Crippen LogP contribution in [0.1, 0.15) is 77.3 Å². The largest absolute Gasteiger partial charge is 1.00 e. The number of carbonyl (C=O) groups is 1. The third-order valence-corrected chi connectivity index (χ3v) is 15.5. The summed E-state index contributed by atoms with van der Waals surface area (Å²) in [5.74, 6) is -2.98. The van der Waals surface area contributed by atoms with Crippen LogP contribution in [0.25, 0.3) is 4.85 Å². The molecule has 5 rings (SSSR count). The second-order valence-corrected chi connectivity index (χ2v) is 23.7. The van der Waals surface area contributed by atoms with Gasteiger partial charge in [-0.3, -0.25) is 14.7 Å². The third kappa shape index (κ3) is 18.4. The van der Waals surface area contributed by atoms with Gasteiger partial charge in [-0.1, -0.05) is 26.0 Å². The molecule has 3 aliphatic rings. The molecular formula is C42H48N4Na4O16S5. The summed E-state index contributed by atoms with van der Waals surface area (Å²) in [5, 5.41) is 16.5. The predicted octanol–water partition coefficient (Wildman–Crippen LogP) is -8.93. The maximum Gasteiger partial charge on any atom is 1.00 e. The van der Waals surface area contributed by atoms with E-state index in [2.05, 4.69) is 19.5 Å². The maximum atomic E-state index is 13.7. The van der Waals surface area contributed by atoms with E-state index in [4.69, 9.17) is 6.57 Å². The molecule has 29 heteroatoms. The number of unbranched alkanes of at least 4 members (excludes halogenated alkanes) is 2. The molecule has 0 bridgehead atoms. The number of hydrogen-bond donors (Lipinski definition) is 1. The quantitative estimate of drug-likeness (QED) is 0.0167. The van der Waals surface area contributed by atoms with Crippen LogP contribution < -0.4 is 134 Å². The Balaban J connectivity index is 0.00000630. The van der Waals surface area contributed by atoms with Crippen LogP contribution in [0.15, 0.2) is 92.9 Å². The van der Waals surface area contributed by atoms with Crippen molar-refractivity contribution in [2.24, 2.45) is 0 Å². The molecule has 0 saturated carbocycles. The van der Waals surface area contributed by atoms with E-state index in [0.717, 1.165) is 17.3 Å². The van der Waals surface area contributed by atoms with Gasteiger partial charge in [0, 0.05) is 70.4 Å². The Morgan fingerprint density at radius 2 is 1.44 bits per heavy atom. The van der Waals surface area contributed by atoms with E-state index in [1.165, 1.54) is 12.1 Å². The van der Waals surface area contributed by atoms with E-state index in [9.17, 15) is 61.9 Å². The van der Waals surface area contributed by atoms with Crippen molar-refractivity contribution in [1.29, 1.82) is 0 Å². The summed E-state index contributed by atoms with van der Waals surface area (Å²) in [7, 11) is -18.6. The molecule has 366 valence electrons. The van der Waals surface area contributed by atoms with E-state index < -0.39 is 92.0 Å². The number of nitrogens with zero attached hydrogens (tertiary/aromatic N) is 3. The van der Waals surface area contributed by atoms with Gasteiger partial charge >= 0.3 is 130 Å². The first-order valence-electron chi connectivity index (χ1n) is 20.7. The summed E-state index contributed by atoms with van der Waals surface area (Å²) < 4.78 is 145. The topological polar surface area (TPSA) is 310 Å². The molecule has 1 N–H and O–H groups in total. The van der Waals surface area contributed by atoms with Gasteiger partial charge in [-0.05, 0) is 99.1 Å². The standard InChI is InChI=1S/C42H52N4O16S5.4Na/c1-41(2)32-26-30(63-62-61-48)14-16-34(32)45(21-6-8-23-64(49,50)51)36(41)18-12-28-10-11-29(38(28)39(43-5)40(47)44-20-25-66(55,56)57)13-19-37-42(3,4)33-27-31(67(58,59)60)15-17-35(33)46(37)22-7-9-24-65(52,53)54;;;;/h12-19,26-27,39H,6-11,20-25H2,1-4H3,(H5-,44,47,48,49,50,51,52,53,54,55,56,57,58,59,60);;;;/q;4*+1/p-4. The SMILES string of the molecule is [C-]#[N+]C(C(=O)NCCS(=O)(=O)[O-])C1=C(C=CC2=[N+](CCCCS(=O)(=O)[O-])c3ccc(SOO[O-])cc3C2(C)C)CCC1=C/C=C1/N(CCCCS(=O)(=O)[O-])c2ccc(S(=O)(=O)[O-])cc2C1(C)C.[Na+].[Na+].[Na+].[Na+]. The van der Waals surface area contributed by atoms with Crippen LogP contribution in [0.2, 0.25) is 0 Å². The summed E-state index contributed by atoms with van der Waals surface area (Å²) >= 11 is 0.690. The smallest absolute Gasteiger partial charge is 0.748 e. The number of hydrogen-bond acceptors (Lipinski definition) is 18. The van der Waals surface area contributed by atoms with Crippen molar-refractivity contribution in [2.45, 2.75) is 92.9 Å². The summed E-state index contributed by atoms with van der Waals surface area (Å²) in [5.41, 5.74) is 3.40. The van der Waals surface area contributed by atoms with E-state index in [1.54, 1.807) is 56.4 Å². The van der Waals surface area contributed by atoms with Crippen molar-refractivity contribution >= 4 is 75.5 Å². The van der Waals surface area contributed by atoms with E-state index in [0.29, 0.717) is 63.6 Å². The molecule has 1 amide bonds. The fourth-order valence-corrected chi connectivity index (χ4v) is 11.0. The van der Waals surface area contributed by atoms with Gasteiger partial charge in [0.25, 0.3) is 0 Å². The zero-order valence-corrected chi connectivity index (χ0v) is 52.8. The zero-order chi connectivity index (χ0) is 49.8. The molecule has 0 saturated heterocycles. The van der Waals surface area contributed by atoms with Crippen molar-refractivity contribution in [3.8, 4) is 0 Å². The molecule has 0 radical (unpaired) electrons. The van der Waals surface area contributed by atoms with E-state index in [-0.39, 0.29) is 163 Å². The molecule has 1 aliphatic carbocycles. The first kappa shape index (κ1) is 68.7. The Morgan fingerprint density at radius 3 is 2.01 bits per heavy atom. The fraction of sp³-hybridized carbons (Fsp3) is 0.452. The Labute approximate surface area is 508 Å². The Bertz CT molecular complexity index is 2960. The Kier molecular flexibility index (Phi) is 27.4. The molecule has 71 heavy (non-hydrogen) atoms. The molecule has 0 aromatic heterocycles. The van der Waals surface area contributed by atoms with Gasteiger partial charge in [-0.15, -0.1) is 0 Å². The summed E-state index contributed by atoms with van der Waals surface area (Å²) in [6, 6.07) is 7.63. The van der Waals surface area contributed by atoms with Gasteiger partial charge in [-0.25, -0.2) is 40.2 Å². The van der Waals surface area contributed by atoms with Gasteiger partial charge in [0.2, 0.25) is 5.69 Å². The maximum absolute atomic E-state index is 13.7. The van der Waals surface area contributed by atoms with Crippen molar-refractivity contribution < 1.29 is 194 Å².